The maximum Gasteiger partial charge on any atom is 0.315 e. The third kappa shape index (κ3) is 4.44. The molecule has 8 nitrogen and oxygen atoms in total. The highest BCUT2D eigenvalue weighted by atomic mass is 32.2. The molecule has 146 valence electrons. The molecule has 1 aromatic carbocycles. The fourth-order valence-electron chi connectivity index (χ4n) is 3.41. The van der Waals surface area contributed by atoms with E-state index >= 15 is 0 Å². The average molecular weight is 387 g/mol. The van der Waals surface area contributed by atoms with Crippen molar-refractivity contribution >= 4 is 15.9 Å². The number of hydrogen-bond acceptors (Lipinski definition) is 6. The fraction of sp³-hybridized carbons (Fsp3) is 0.625. The van der Waals surface area contributed by atoms with Crippen LogP contribution in [-0.4, -0.2) is 51.8 Å². The number of benzene rings is 1. The molecule has 2 saturated heterocycles. The number of piperidine rings is 1. The van der Waals surface area contributed by atoms with Crippen LogP contribution in [0, 0.1) is 11.7 Å². The van der Waals surface area contributed by atoms with E-state index in [1.165, 1.54) is 25.0 Å². The van der Waals surface area contributed by atoms with Crippen molar-refractivity contribution in [2.75, 3.05) is 37.7 Å². The molecule has 0 aromatic heterocycles. The molecule has 2 heterocycles. The Morgan fingerprint density at radius 3 is 2.69 bits per heavy atom. The van der Waals surface area contributed by atoms with Gasteiger partial charge in [-0.15, -0.1) is 4.83 Å². The van der Waals surface area contributed by atoms with Gasteiger partial charge in [0.1, 0.15) is 11.4 Å². The number of rotatable bonds is 6. The summed E-state index contributed by atoms with van der Waals surface area (Å²) in [5.74, 6) is -0.455. The van der Waals surface area contributed by atoms with Crippen molar-refractivity contribution in [2.45, 2.75) is 25.8 Å². The predicted octanol–water partition coefficient (Wildman–Crippen LogP) is 0.469. The molecule has 0 saturated carbocycles. The SMILES string of the molecule is CN1CCC(CCNCc2cc(O)c(N3CNNS3(=O)=O)c(F)c2)CC1. The zero-order valence-corrected chi connectivity index (χ0v) is 15.6. The summed E-state index contributed by atoms with van der Waals surface area (Å²) >= 11 is 0. The van der Waals surface area contributed by atoms with E-state index in [2.05, 4.69) is 22.7 Å². The Balaban J connectivity index is 1.55. The molecule has 0 atom stereocenters. The Hall–Kier alpha value is -1.46. The molecule has 0 aliphatic carbocycles. The lowest BCUT2D eigenvalue weighted by Crippen LogP contribution is -2.31. The minimum absolute atomic E-state index is 0.152. The molecule has 2 aliphatic heterocycles. The van der Waals surface area contributed by atoms with Crippen molar-refractivity contribution in [1.29, 1.82) is 0 Å². The summed E-state index contributed by atoms with van der Waals surface area (Å²) in [6, 6.07) is 2.65. The Labute approximate surface area is 153 Å². The summed E-state index contributed by atoms with van der Waals surface area (Å²) in [5.41, 5.74) is 2.62. The smallest absolute Gasteiger partial charge is 0.315 e. The Bertz CT molecular complexity index is 714. The molecule has 26 heavy (non-hydrogen) atoms. The van der Waals surface area contributed by atoms with Gasteiger partial charge in [0.05, 0.1) is 6.67 Å². The zero-order chi connectivity index (χ0) is 18.7. The number of nitrogens with one attached hydrogen (secondary N) is 3. The van der Waals surface area contributed by atoms with Crippen molar-refractivity contribution in [2.24, 2.45) is 5.92 Å². The molecule has 0 bridgehead atoms. The first-order valence-electron chi connectivity index (χ1n) is 8.80. The van der Waals surface area contributed by atoms with Crippen LogP contribution < -0.4 is 19.9 Å². The topological polar surface area (TPSA) is 96.9 Å². The highest BCUT2D eigenvalue weighted by molar-refractivity contribution is 7.91. The van der Waals surface area contributed by atoms with Gasteiger partial charge in [-0.05, 0) is 69.6 Å². The second kappa shape index (κ2) is 8.05. The van der Waals surface area contributed by atoms with E-state index in [0.717, 1.165) is 30.4 Å². The van der Waals surface area contributed by atoms with E-state index in [4.69, 9.17) is 0 Å². The van der Waals surface area contributed by atoms with Crippen molar-refractivity contribution in [3.63, 3.8) is 0 Å². The standard InChI is InChI=1S/C16H26FN5O3S/c1-21-6-3-12(4-7-21)2-5-18-10-13-8-14(17)16(15(23)9-13)22-11-19-20-26(22,24)25/h8-9,12,18-20,23H,2-7,10-11H2,1H3. The molecule has 1 aromatic rings. The Kier molecular flexibility index (Phi) is 5.98. The van der Waals surface area contributed by atoms with Gasteiger partial charge in [0.25, 0.3) is 0 Å². The highest BCUT2D eigenvalue weighted by Gasteiger charge is 2.32. The molecule has 2 fully saturated rings. The van der Waals surface area contributed by atoms with Crippen molar-refractivity contribution < 1.29 is 17.9 Å². The molecule has 2 aliphatic rings. The van der Waals surface area contributed by atoms with Gasteiger partial charge in [0.15, 0.2) is 5.82 Å². The van der Waals surface area contributed by atoms with E-state index in [1.54, 1.807) is 0 Å². The molecule has 3 rings (SSSR count). The molecule has 4 N–H and O–H groups in total. The van der Waals surface area contributed by atoms with Gasteiger partial charge in [-0.2, -0.15) is 8.42 Å². The average Bonchev–Trinajstić information content (AvgIpc) is 2.92. The summed E-state index contributed by atoms with van der Waals surface area (Å²) in [7, 11) is -1.74. The molecular formula is C16H26FN5O3S. The van der Waals surface area contributed by atoms with Crippen molar-refractivity contribution in [3.8, 4) is 5.75 Å². The number of phenolic OH excluding ortho intramolecular Hbond substituents is 1. The first-order valence-corrected chi connectivity index (χ1v) is 10.2. The minimum Gasteiger partial charge on any atom is -0.506 e. The van der Waals surface area contributed by atoms with Crippen LogP contribution in [0.5, 0.6) is 5.75 Å². The number of aromatic hydroxyl groups is 1. The second-order valence-corrected chi connectivity index (χ2v) is 8.54. The Morgan fingerprint density at radius 2 is 2.08 bits per heavy atom. The fourth-order valence-corrected chi connectivity index (χ4v) is 4.43. The van der Waals surface area contributed by atoms with Crippen LogP contribution in [0.3, 0.4) is 0 Å². The van der Waals surface area contributed by atoms with Crippen LogP contribution in [0.25, 0.3) is 0 Å². The lowest BCUT2D eigenvalue weighted by molar-refractivity contribution is 0.211. The third-order valence-electron chi connectivity index (χ3n) is 4.96. The summed E-state index contributed by atoms with van der Waals surface area (Å²) in [5, 5.41) is 13.4. The van der Waals surface area contributed by atoms with Crippen LogP contribution in [0.1, 0.15) is 24.8 Å². The van der Waals surface area contributed by atoms with E-state index in [9.17, 15) is 17.9 Å². The second-order valence-electron chi connectivity index (χ2n) is 6.95. The van der Waals surface area contributed by atoms with E-state index in [-0.39, 0.29) is 12.4 Å². The monoisotopic (exact) mass is 387 g/mol. The number of nitrogens with zero attached hydrogens (tertiary/aromatic N) is 2. The molecule has 10 heteroatoms. The van der Waals surface area contributed by atoms with E-state index in [1.807, 2.05) is 4.83 Å². The van der Waals surface area contributed by atoms with Gasteiger partial charge in [-0.1, -0.05) is 0 Å². The number of hydrazine groups is 1. The maximum absolute atomic E-state index is 14.4. The van der Waals surface area contributed by atoms with Crippen LogP contribution in [-0.2, 0) is 16.8 Å². The molecule has 0 spiro atoms. The lowest BCUT2D eigenvalue weighted by atomic mass is 9.94. The van der Waals surface area contributed by atoms with Gasteiger partial charge in [-0.3, -0.25) is 0 Å². The van der Waals surface area contributed by atoms with Crippen molar-refractivity contribution in [1.82, 2.24) is 20.5 Å². The van der Waals surface area contributed by atoms with Crippen LogP contribution >= 0.6 is 0 Å². The third-order valence-corrected chi connectivity index (χ3v) is 6.26. The van der Waals surface area contributed by atoms with Gasteiger partial charge < -0.3 is 15.3 Å². The molecule has 0 unspecified atom stereocenters. The summed E-state index contributed by atoms with van der Waals surface area (Å²) < 4.78 is 38.7. The maximum atomic E-state index is 14.4. The van der Waals surface area contributed by atoms with Crippen LogP contribution in [0.15, 0.2) is 12.1 Å². The van der Waals surface area contributed by atoms with Gasteiger partial charge in [-0.25, -0.2) is 14.1 Å². The van der Waals surface area contributed by atoms with Crippen LogP contribution in [0.2, 0.25) is 0 Å². The first-order chi connectivity index (χ1) is 12.4. The minimum atomic E-state index is -3.88. The molecular weight excluding hydrogens is 361 g/mol. The highest BCUT2D eigenvalue weighted by Crippen LogP contribution is 2.33. The predicted molar refractivity (Wildman–Crippen MR) is 97.1 cm³/mol. The van der Waals surface area contributed by atoms with Gasteiger partial charge in [0, 0.05) is 6.54 Å². The lowest BCUT2D eigenvalue weighted by Gasteiger charge is -2.28. The zero-order valence-electron chi connectivity index (χ0n) is 14.8. The largest absolute Gasteiger partial charge is 0.506 e. The van der Waals surface area contributed by atoms with Crippen molar-refractivity contribution in [3.05, 3.63) is 23.5 Å². The number of halogens is 1. The van der Waals surface area contributed by atoms with E-state index < -0.39 is 21.8 Å². The normalized spacial score (nSPS) is 21.4. The molecule has 0 radical (unpaired) electrons. The van der Waals surface area contributed by atoms with E-state index in [0.29, 0.717) is 18.0 Å². The van der Waals surface area contributed by atoms with Gasteiger partial charge in [0.2, 0.25) is 0 Å². The number of hydrogen-bond donors (Lipinski definition) is 4. The quantitative estimate of drug-likeness (QED) is 0.530. The molecule has 0 amide bonds. The van der Waals surface area contributed by atoms with Crippen LogP contribution in [0.4, 0.5) is 10.1 Å². The Morgan fingerprint density at radius 1 is 1.35 bits per heavy atom. The number of likely N-dealkylation sites (tertiary alicyclic amines) is 1. The summed E-state index contributed by atoms with van der Waals surface area (Å²) in [6.45, 7) is 3.36. The first kappa shape index (κ1) is 19.3. The number of anilines is 1. The van der Waals surface area contributed by atoms with Gasteiger partial charge >= 0.3 is 10.2 Å². The number of phenols is 1. The summed E-state index contributed by atoms with van der Waals surface area (Å²) in [4.78, 5) is 4.38. The summed E-state index contributed by atoms with van der Waals surface area (Å²) in [6.07, 6.45) is 3.48.